The highest BCUT2D eigenvalue weighted by molar-refractivity contribution is 6.22. The van der Waals surface area contributed by atoms with E-state index in [0.29, 0.717) is 39.2 Å². The second-order valence-corrected chi connectivity index (χ2v) is 10.3. The van der Waals surface area contributed by atoms with Gasteiger partial charge in [0.1, 0.15) is 18.2 Å². The normalized spacial score (nSPS) is 13.1. The first-order valence-electron chi connectivity index (χ1n) is 13.5. The van der Waals surface area contributed by atoms with Crippen molar-refractivity contribution >= 4 is 33.6 Å². The number of carbonyl (C=O) groups is 2. The Hall–Kier alpha value is -4.86. The average Bonchev–Trinajstić information content (AvgIpc) is 3.45. The van der Waals surface area contributed by atoms with Crippen LogP contribution >= 0.6 is 0 Å². The molecule has 2 aromatic heterocycles. The lowest BCUT2D eigenvalue weighted by Gasteiger charge is -2.18. The first-order valence-corrected chi connectivity index (χ1v) is 13.5. The molecule has 0 aliphatic carbocycles. The molecule has 3 aromatic carbocycles. The van der Waals surface area contributed by atoms with Gasteiger partial charge in [-0.25, -0.2) is 9.37 Å². The van der Waals surface area contributed by atoms with Gasteiger partial charge in [-0.1, -0.05) is 12.1 Å². The van der Waals surface area contributed by atoms with Crippen molar-refractivity contribution in [1.82, 2.24) is 24.2 Å². The fraction of sp³-hybridized carbons (Fsp3) is 0.258. The number of ether oxygens (including phenoxy) is 1. The number of hydrogen-bond acceptors (Lipinski definition) is 6. The van der Waals surface area contributed by atoms with Crippen molar-refractivity contribution in [3.8, 4) is 11.4 Å². The first kappa shape index (κ1) is 26.4. The lowest BCUT2D eigenvalue weighted by atomic mass is 10.1. The van der Waals surface area contributed by atoms with Crippen LogP contribution in [0, 0.1) is 6.92 Å². The highest BCUT2D eigenvalue weighted by Gasteiger charge is 2.38. The van der Waals surface area contributed by atoms with Crippen LogP contribution in [0.2, 0.25) is 0 Å². The molecule has 3 heterocycles. The van der Waals surface area contributed by atoms with E-state index in [1.165, 1.54) is 9.47 Å². The van der Waals surface area contributed by atoms with Gasteiger partial charge in [-0.2, -0.15) is 5.10 Å². The number of nitrogens with zero attached hydrogens (tertiary/aromatic N) is 5. The Bertz CT molecular complexity index is 1910. The van der Waals surface area contributed by atoms with E-state index in [0.717, 1.165) is 10.9 Å². The summed E-state index contributed by atoms with van der Waals surface area (Å²) < 4.78 is 22.0. The lowest BCUT2D eigenvalue weighted by molar-refractivity contribution is 0.0654. The van der Waals surface area contributed by atoms with Gasteiger partial charge in [-0.15, -0.1) is 0 Å². The van der Waals surface area contributed by atoms with E-state index >= 15 is 0 Å². The zero-order valence-corrected chi connectivity index (χ0v) is 22.9. The van der Waals surface area contributed by atoms with Crippen molar-refractivity contribution in [2.45, 2.75) is 39.8 Å². The summed E-state index contributed by atoms with van der Waals surface area (Å²) in [5, 5.41) is 5.51. The molecule has 0 saturated heterocycles. The average molecular weight is 554 g/mol. The molecule has 1 aliphatic rings. The topological polar surface area (TPSA) is 99.3 Å². The van der Waals surface area contributed by atoms with Crippen molar-refractivity contribution in [1.29, 1.82) is 0 Å². The van der Waals surface area contributed by atoms with Crippen molar-refractivity contribution in [3.05, 3.63) is 93.7 Å². The molecule has 0 unspecified atom stereocenters. The summed E-state index contributed by atoms with van der Waals surface area (Å²) in [6.07, 6.45) is 1.61. The minimum absolute atomic E-state index is 0.0132. The van der Waals surface area contributed by atoms with Crippen molar-refractivity contribution < 1.29 is 18.7 Å². The molecule has 0 spiro atoms. The quantitative estimate of drug-likeness (QED) is 0.260. The van der Waals surface area contributed by atoms with Crippen molar-refractivity contribution in [2.24, 2.45) is 0 Å². The summed E-state index contributed by atoms with van der Waals surface area (Å²) in [6, 6.07) is 15.8. The number of rotatable bonds is 8. The van der Waals surface area contributed by atoms with Crippen LogP contribution in [0.5, 0.6) is 5.75 Å². The van der Waals surface area contributed by atoms with Gasteiger partial charge in [0.2, 0.25) is 0 Å². The molecule has 0 bridgehead atoms. The number of imide groups is 1. The number of fused-ring (bicyclic) bond motifs is 3. The van der Waals surface area contributed by atoms with Crippen LogP contribution in [0.3, 0.4) is 0 Å². The van der Waals surface area contributed by atoms with Gasteiger partial charge in [0, 0.05) is 18.4 Å². The predicted octanol–water partition coefficient (Wildman–Crippen LogP) is 4.64. The van der Waals surface area contributed by atoms with Crippen LogP contribution in [-0.4, -0.2) is 55.4 Å². The fourth-order valence-electron chi connectivity index (χ4n) is 5.30. The number of benzene rings is 3. The zero-order valence-electron chi connectivity index (χ0n) is 22.9. The van der Waals surface area contributed by atoms with Crippen LogP contribution in [0.1, 0.15) is 46.0 Å². The third kappa shape index (κ3) is 4.55. The molecule has 0 radical (unpaired) electrons. The second-order valence-electron chi connectivity index (χ2n) is 10.3. The first-order chi connectivity index (χ1) is 19.8. The number of halogens is 1. The highest BCUT2D eigenvalue weighted by Crippen LogP contribution is 2.32. The zero-order chi connectivity index (χ0) is 28.8. The van der Waals surface area contributed by atoms with E-state index < -0.39 is 18.5 Å². The predicted molar refractivity (Wildman–Crippen MR) is 153 cm³/mol. The van der Waals surface area contributed by atoms with Crippen molar-refractivity contribution in [2.75, 3.05) is 13.2 Å². The Kier molecular flexibility index (Phi) is 6.61. The molecule has 9 nitrogen and oxygen atoms in total. The molecule has 0 N–H and O–H groups in total. The van der Waals surface area contributed by atoms with Crippen LogP contribution in [0.4, 0.5) is 4.39 Å². The Morgan fingerprint density at radius 1 is 0.976 bits per heavy atom. The molecule has 41 heavy (non-hydrogen) atoms. The molecule has 2 amide bonds. The standard InChI is InChI=1S/C31H28FN5O4/c1-18(2)41-26-6-4-5-23-28(26)31(40)35(29(23)38)13-11-27-34-24-15-19(3)7-10-22(24)30(39)37(27)21-9-8-20-17-33-36(14-12-32)25(20)16-21/h4-10,15-18H,11-14H2,1-3H3. The Morgan fingerprint density at radius 2 is 1.80 bits per heavy atom. The highest BCUT2D eigenvalue weighted by atomic mass is 19.1. The fourth-order valence-corrected chi connectivity index (χ4v) is 5.30. The molecule has 5 aromatic rings. The van der Waals surface area contributed by atoms with E-state index in [1.807, 2.05) is 39.0 Å². The van der Waals surface area contributed by atoms with Gasteiger partial charge in [0.15, 0.2) is 0 Å². The molecule has 6 rings (SSSR count). The van der Waals surface area contributed by atoms with E-state index in [4.69, 9.17) is 9.72 Å². The molecule has 10 heteroatoms. The monoisotopic (exact) mass is 553 g/mol. The number of alkyl halides is 1. The Balaban J connectivity index is 1.42. The maximum Gasteiger partial charge on any atom is 0.265 e. The molecule has 0 fully saturated rings. The SMILES string of the molecule is Cc1ccc2c(=O)n(-c3ccc4cnn(CCF)c4c3)c(CCN3C(=O)c4cccc(OC(C)C)c4C3=O)nc2c1. The van der Waals surface area contributed by atoms with Gasteiger partial charge >= 0.3 is 0 Å². The Morgan fingerprint density at radius 3 is 2.59 bits per heavy atom. The third-order valence-corrected chi connectivity index (χ3v) is 7.16. The summed E-state index contributed by atoms with van der Waals surface area (Å²) in [5.41, 5.74) is 2.94. The van der Waals surface area contributed by atoms with Gasteiger partial charge < -0.3 is 4.74 Å². The third-order valence-electron chi connectivity index (χ3n) is 7.16. The summed E-state index contributed by atoms with van der Waals surface area (Å²) in [5.74, 6) is -0.100. The van der Waals surface area contributed by atoms with Gasteiger partial charge in [0.25, 0.3) is 17.4 Å². The van der Waals surface area contributed by atoms with Gasteiger partial charge in [-0.3, -0.25) is 28.5 Å². The largest absolute Gasteiger partial charge is 0.490 e. The smallest absolute Gasteiger partial charge is 0.265 e. The Labute approximate surface area is 234 Å². The van der Waals surface area contributed by atoms with Gasteiger partial charge in [-0.05, 0) is 68.8 Å². The minimum atomic E-state index is -0.576. The van der Waals surface area contributed by atoms with E-state index in [-0.39, 0.29) is 36.7 Å². The van der Waals surface area contributed by atoms with E-state index in [9.17, 15) is 18.8 Å². The molecule has 1 aliphatic heterocycles. The number of hydrogen-bond donors (Lipinski definition) is 0. The number of amides is 2. The molecular weight excluding hydrogens is 525 g/mol. The molecule has 208 valence electrons. The molecule has 0 saturated carbocycles. The van der Waals surface area contributed by atoms with E-state index in [1.54, 1.807) is 47.3 Å². The maximum absolute atomic E-state index is 13.9. The number of aromatic nitrogens is 4. The van der Waals surface area contributed by atoms with Crippen LogP contribution < -0.4 is 10.3 Å². The van der Waals surface area contributed by atoms with Crippen LogP contribution in [-0.2, 0) is 13.0 Å². The summed E-state index contributed by atoms with van der Waals surface area (Å²) in [4.78, 5) is 46.6. The summed E-state index contributed by atoms with van der Waals surface area (Å²) in [6.45, 7) is 5.15. The van der Waals surface area contributed by atoms with E-state index in [2.05, 4.69) is 5.10 Å². The van der Waals surface area contributed by atoms with Gasteiger partial charge in [0.05, 0.1) is 52.1 Å². The van der Waals surface area contributed by atoms with Crippen LogP contribution in [0.25, 0.3) is 27.5 Å². The lowest BCUT2D eigenvalue weighted by Crippen LogP contribution is -2.33. The molecule has 0 atom stereocenters. The molecular formula is C31H28FN5O4. The number of aryl methyl sites for hydroxylation is 2. The minimum Gasteiger partial charge on any atom is -0.490 e. The summed E-state index contributed by atoms with van der Waals surface area (Å²) in [7, 11) is 0. The number of carbonyl (C=O) groups excluding carboxylic acids is 2. The van der Waals surface area contributed by atoms with Crippen molar-refractivity contribution in [3.63, 3.8) is 0 Å². The summed E-state index contributed by atoms with van der Waals surface area (Å²) >= 11 is 0. The maximum atomic E-state index is 13.9. The second kappa shape index (κ2) is 10.3. The van der Waals surface area contributed by atoms with Crippen LogP contribution in [0.15, 0.2) is 65.6 Å².